The number of pyridine rings is 2. The zero-order valence-electron chi connectivity index (χ0n) is 19.2. The second-order valence-corrected chi connectivity index (χ2v) is 9.85. The Morgan fingerprint density at radius 2 is 2.03 bits per heavy atom. The maximum atomic E-state index is 13.8. The Morgan fingerprint density at radius 3 is 2.71 bits per heavy atom. The fraction of sp³-hybridized carbons (Fsp3) is 0.423. The van der Waals surface area contributed by atoms with Crippen molar-refractivity contribution in [3.63, 3.8) is 0 Å². The van der Waals surface area contributed by atoms with E-state index in [4.69, 9.17) is 10.5 Å². The van der Waals surface area contributed by atoms with Gasteiger partial charge in [0, 0.05) is 28.8 Å². The van der Waals surface area contributed by atoms with Gasteiger partial charge in [0.1, 0.15) is 5.82 Å². The highest BCUT2D eigenvalue weighted by Gasteiger charge is 2.51. The highest BCUT2D eigenvalue weighted by molar-refractivity contribution is 5.99. The van der Waals surface area contributed by atoms with Crippen molar-refractivity contribution in [2.75, 3.05) is 5.73 Å². The molecule has 1 amide bonds. The van der Waals surface area contributed by atoms with E-state index in [1.165, 1.54) is 18.9 Å². The van der Waals surface area contributed by atoms with Crippen molar-refractivity contribution < 1.29 is 22.7 Å². The monoisotopic (exact) mass is 482 g/mol. The number of amides is 1. The van der Waals surface area contributed by atoms with Crippen LogP contribution < -0.4 is 5.73 Å². The number of alkyl halides is 3. The molecule has 9 heteroatoms. The number of anilines is 1. The molecule has 2 N–H and O–H groups in total. The highest BCUT2D eigenvalue weighted by Crippen LogP contribution is 2.52. The lowest BCUT2D eigenvalue weighted by Crippen LogP contribution is -2.34. The average Bonchev–Trinajstić information content (AvgIpc) is 3.74. The molecular formula is C26H25F3N4O2. The van der Waals surface area contributed by atoms with Crippen molar-refractivity contribution in [3.05, 3.63) is 64.5 Å². The summed E-state index contributed by atoms with van der Waals surface area (Å²) in [5.41, 5.74) is 8.82. The van der Waals surface area contributed by atoms with Crippen LogP contribution in [0.5, 0.6) is 0 Å². The normalized spacial score (nSPS) is 23.4. The summed E-state index contributed by atoms with van der Waals surface area (Å²) in [4.78, 5) is 24.1. The van der Waals surface area contributed by atoms with E-state index >= 15 is 0 Å². The minimum Gasteiger partial charge on any atom is -0.383 e. The molecule has 6 rings (SSSR count). The second-order valence-electron chi connectivity index (χ2n) is 9.85. The number of aromatic nitrogens is 2. The van der Waals surface area contributed by atoms with E-state index < -0.39 is 11.7 Å². The molecule has 0 saturated heterocycles. The van der Waals surface area contributed by atoms with Crippen LogP contribution in [0.1, 0.15) is 65.0 Å². The summed E-state index contributed by atoms with van der Waals surface area (Å²) in [6.45, 7) is 2.50. The first-order chi connectivity index (χ1) is 16.7. The van der Waals surface area contributed by atoms with Crippen LogP contribution in [0, 0.1) is 11.8 Å². The summed E-state index contributed by atoms with van der Waals surface area (Å²) >= 11 is 0. The van der Waals surface area contributed by atoms with E-state index in [0.29, 0.717) is 41.0 Å². The second kappa shape index (κ2) is 7.91. The predicted molar refractivity (Wildman–Crippen MR) is 123 cm³/mol. The SMILES string of the molecule is C[C@@H]1OCc2c1c(N)nc1ccc(C(=O)N(Cc3ccc(C(F)(F)F)cn3)[C@@H]3C[C@H]3C3CC3)cc21. The molecule has 3 aromatic rings. The van der Waals surface area contributed by atoms with Gasteiger partial charge in [-0.05, 0) is 73.9 Å². The van der Waals surface area contributed by atoms with Crippen molar-refractivity contribution in [2.24, 2.45) is 11.8 Å². The molecule has 35 heavy (non-hydrogen) atoms. The molecule has 6 nitrogen and oxygen atoms in total. The third kappa shape index (κ3) is 4.01. The molecule has 2 aliphatic carbocycles. The molecule has 2 aromatic heterocycles. The van der Waals surface area contributed by atoms with Gasteiger partial charge in [-0.1, -0.05) is 0 Å². The number of fused-ring (bicyclic) bond motifs is 3. The van der Waals surface area contributed by atoms with Gasteiger partial charge in [0.15, 0.2) is 0 Å². The number of benzene rings is 1. The number of hydrogen-bond acceptors (Lipinski definition) is 5. The van der Waals surface area contributed by atoms with Crippen LogP contribution in [0.4, 0.5) is 19.0 Å². The molecule has 1 aliphatic heterocycles. The molecule has 0 spiro atoms. The number of nitrogens with two attached hydrogens (primary N) is 1. The lowest BCUT2D eigenvalue weighted by molar-refractivity contribution is -0.137. The highest BCUT2D eigenvalue weighted by atomic mass is 19.4. The van der Waals surface area contributed by atoms with Crippen molar-refractivity contribution in [1.82, 2.24) is 14.9 Å². The van der Waals surface area contributed by atoms with Gasteiger partial charge in [-0.3, -0.25) is 9.78 Å². The third-order valence-corrected chi connectivity index (χ3v) is 7.47. The van der Waals surface area contributed by atoms with Crippen LogP contribution in [-0.2, 0) is 24.1 Å². The molecular weight excluding hydrogens is 457 g/mol. The van der Waals surface area contributed by atoms with Crippen LogP contribution in [-0.4, -0.2) is 26.8 Å². The molecule has 2 fully saturated rings. The number of halogens is 3. The Bertz CT molecular complexity index is 1320. The topological polar surface area (TPSA) is 81.3 Å². The first-order valence-electron chi connectivity index (χ1n) is 11.9. The summed E-state index contributed by atoms with van der Waals surface area (Å²) in [7, 11) is 0. The van der Waals surface area contributed by atoms with Gasteiger partial charge < -0.3 is 15.4 Å². The maximum Gasteiger partial charge on any atom is 0.417 e. The van der Waals surface area contributed by atoms with Gasteiger partial charge in [-0.25, -0.2) is 4.98 Å². The molecule has 0 unspecified atom stereocenters. The van der Waals surface area contributed by atoms with Crippen LogP contribution in [0.3, 0.4) is 0 Å². The summed E-state index contributed by atoms with van der Waals surface area (Å²) in [5.74, 6) is 1.38. The molecule has 3 heterocycles. The van der Waals surface area contributed by atoms with E-state index in [1.807, 2.05) is 13.0 Å². The van der Waals surface area contributed by atoms with E-state index in [-0.39, 0.29) is 24.6 Å². The largest absolute Gasteiger partial charge is 0.417 e. The lowest BCUT2D eigenvalue weighted by atomic mass is 10.00. The fourth-order valence-corrected chi connectivity index (χ4v) is 5.35. The molecule has 3 atom stereocenters. The van der Waals surface area contributed by atoms with Gasteiger partial charge in [0.25, 0.3) is 5.91 Å². The number of carbonyl (C=O) groups excluding carboxylic acids is 1. The Labute approximate surface area is 200 Å². The summed E-state index contributed by atoms with van der Waals surface area (Å²) < 4.78 is 44.7. The standard InChI is InChI=1S/C26H25F3N4O2/c1-13-23-20(12-35-13)19-8-15(4-7-21(19)32-24(23)30)25(34)33(22-9-18(22)14-2-3-14)11-17-6-5-16(10-31-17)26(27,28)29/h4-8,10,13-14,18,22H,2-3,9,11-12H2,1H3,(H2,30,32)/t13-,18-,22+/m0/s1. The van der Waals surface area contributed by atoms with Crippen molar-refractivity contribution >= 4 is 22.6 Å². The number of nitrogens with zero attached hydrogens (tertiary/aromatic N) is 3. The van der Waals surface area contributed by atoms with Gasteiger partial charge in [0.05, 0.1) is 36.0 Å². The van der Waals surface area contributed by atoms with Gasteiger partial charge in [-0.2, -0.15) is 13.2 Å². The summed E-state index contributed by atoms with van der Waals surface area (Å²) in [6, 6.07) is 7.83. The Balaban J connectivity index is 1.33. The lowest BCUT2D eigenvalue weighted by Gasteiger charge is -2.24. The van der Waals surface area contributed by atoms with E-state index in [0.717, 1.165) is 35.2 Å². The number of hydrogen-bond donors (Lipinski definition) is 1. The minimum absolute atomic E-state index is 0.0772. The van der Waals surface area contributed by atoms with Gasteiger partial charge >= 0.3 is 6.18 Å². The molecule has 3 aliphatic rings. The zero-order valence-corrected chi connectivity index (χ0v) is 19.2. The van der Waals surface area contributed by atoms with Crippen LogP contribution in [0.25, 0.3) is 10.9 Å². The van der Waals surface area contributed by atoms with Crippen molar-refractivity contribution in [2.45, 2.75) is 57.7 Å². The number of carbonyl (C=O) groups is 1. The predicted octanol–water partition coefficient (Wildman–Crippen LogP) is 5.26. The van der Waals surface area contributed by atoms with Crippen LogP contribution >= 0.6 is 0 Å². The molecule has 0 radical (unpaired) electrons. The number of ether oxygens (including phenoxy) is 1. The van der Waals surface area contributed by atoms with Gasteiger partial charge in [-0.15, -0.1) is 0 Å². The minimum atomic E-state index is -4.45. The first-order valence-corrected chi connectivity index (χ1v) is 11.9. The number of nitrogen functional groups attached to an aromatic ring is 1. The Hall–Kier alpha value is -3.20. The maximum absolute atomic E-state index is 13.8. The quantitative estimate of drug-likeness (QED) is 0.536. The molecule has 0 bridgehead atoms. The van der Waals surface area contributed by atoms with Crippen molar-refractivity contribution in [3.8, 4) is 0 Å². The first kappa shape index (κ1) is 22.3. The molecule has 1 aromatic carbocycles. The van der Waals surface area contributed by atoms with Crippen LogP contribution in [0.15, 0.2) is 36.5 Å². The fourth-order valence-electron chi connectivity index (χ4n) is 5.35. The third-order valence-electron chi connectivity index (χ3n) is 7.47. The smallest absolute Gasteiger partial charge is 0.383 e. The summed E-state index contributed by atoms with van der Waals surface area (Å²) in [6.07, 6.45) is -0.499. The molecule has 2 saturated carbocycles. The average molecular weight is 483 g/mol. The van der Waals surface area contributed by atoms with E-state index in [2.05, 4.69) is 9.97 Å². The van der Waals surface area contributed by atoms with Crippen LogP contribution in [0.2, 0.25) is 0 Å². The summed E-state index contributed by atoms with van der Waals surface area (Å²) in [5, 5.41) is 0.839. The van der Waals surface area contributed by atoms with E-state index in [9.17, 15) is 18.0 Å². The van der Waals surface area contributed by atoms with Crippen molar-refractivity contribution in [1.29, 1.82) is 0 Å². The number of rotatable bonds is 5. The van der Waals surface area contributed by atoms with E-state index in [1.54, 1.807) is 17.0 Å². The Morgan fingerprint density at radius 1 is 1.23 bits per heavy atom. The molecule has 182 valence electrons. The van der Waals surface area contributed by atoms with Gasteiger partial charge in [0.2, 0.25) is 0 Å². The zero-order chi connectivity index (χ0) is 24.5. The Kier molecular flexibility index (Phi) is 5.03.